The van der Waals surface area contributed by atoms with Crippen molar-refractivity contribution >= 4 is 0 Å². The van der Waals surface area contributed by atoms with E-state index in [4.69, 9.17) is 5.84 Å². The zero-order chi connectivity index (χ0) is 11.3. The van der Waals surface area contributed by atoms with Crippen molar-refractivity contribution in [2.75, 3.05) is 6.54 Å². The van der Waals surface area contributed by atoms with Crippen molar-refractivity contribution in [3.05, 3.63) is 35.4 Å². The molecule has 2 rings (SSSR count). The minimum absolute atomic E-state index is 0.625. The molecule has 1 aliphatic rings. The zero-order valence-corrected chi connectivity index (χ0v) is 10.0. The number of aryl methyl sites for hydroxylation is 2. The molecule has 15 heavy (non-hydrogen) atoms. The lowest BCUT2D eigenvalue weighted by Gasteiger charge is -2.11. The third kappa shape index (κ3) is 4.45. The molecule has 1 unspecified atom stereocenters. The standard InChI is InChI=1S/C8H10.C5H12N2/c1-7-3-5-8(2)6-4-7;1-5-3-2-4-7(5)6/h3-6H,1-2H3;5H,2-4,6H2,1H3. The average Bonchev–Trinajstić information content (AvgIpc) is 2.57. The van der Waals surface area contributed by atoms with Crippen LogP contribution in [0.4, 0.5) is 0 Å². The Balaban J connectivity index is 0.000000151. The molecule has 0 radical (unpaired) electrons. The Kier molecular flexibility index (Phi) is 4.79. The largest absolute Gasteiger partial charge is 0.269 e. The van der Waals surface area contributed by atoms with Crippen LogP contribution in [-0.2, 0) is 0 Å². The van der Waals surface area contributed by atoms with Crippen LogP contribution in [0.2, 0.25) is 0 Å². The van der Waals surface area contributed by atoms with Crippen LogP contribution in [-0.4, -0.2) is 17.6 Å². The molecule has 2 heteroatoms. The highest BCUT2D eigenvalue weighted by atomic mass is 15.4. The highest BCUT2D eigenvalue weighted by molar-refractivity contribution is 5.19. The quantitative estimate of drug-likeness (QED) is 0.661. The van der Waals surface area contributed by atoms with Gasteiger partial charge in [0.15, 0.2) is 0 Å². The molecule has 1 heterocycles. The first-order valence-electron chi connectivity index (χ1n) is 5.64. The van der Waals surface area contributed by atoms with Gasteiger partial charge in [-0.05, 0) is 33.6 Å². The number of benzene rings is 1. The van der Waals surface area contributed by atoms with Crippen LogP contribution in [0.3, 0.4) is 0 Å². The summed E-state index contributed by atoms with van der Waals surface area (Å²) in [7, 11) is 0. The maximum atomic E-state index is 5.51. The van der Waals surface area contributed by atoms with Crippen molar-refractivity contribution in [1.29, 1.82) is 0 Å². The zero-order valence-electron chi connectivity index (χ0n) is 10.0. The van der Waals surface area contributed by atoms with Crippen LogP contribution in [0.1, 0.15) is 30.9 Å². The summed E-state index contributed by atoms with van der Waals surface area (Å²) in [6.07, 6.45) is 2.55. The van der Waals surface area contributed by atoms with Gasteiger partial charge < -0.3 is 0 Å². The second-order valence-corrected chi connectivity index (χ2v) is 4.38. The molecule has 1 aromatic carbocycles. The summed E-state index contributed by atoms with van der Waals surface area (Å²) in [6, 6.07) is 9.11. The second-order valence-electron chi connectivity index (χ2n) is 4.38. The van der Waals surface area contributed by atoms with Gasteiger partial charge in [-0.2, -0.15) is 0 Å². The molecule has 1 saturated heterocycles. The summed E-state index contributed by atoms with van der Waals surface area (Å²) in [5.41, 5.74) is 2.66. The molecular formula is C13H22N2. The fourth-order valence-electron chi connectivity index (χ4n) is 1.59. The van der Waals surface area contributed by atoms with Crippen LogP contribution < -0.4 is 5.84 Å². The Labute approximate surface area is 93.1 Å². The molecule has 1 atom stereocenters. The minimum Gasteiger partial charge on any atom is -0.269 e. The normalized spacial score (nSPS) is 20.9. The lowest BCUT2D eigenvalue weighted by molar-refractivity contribution is 0.278. The van der Waals surface area contributed by atoms with Crippen LogP contribution in [0, 0.1) is 13.8 Å². The van der Waals surface area contributed by atoms with Gasteiger partial charge in [-0.1, -0.05) is 35.4 Å². The maximum Gasteiger partial charge on any atom is 0.0213 e. The summed E-state index contributed by atoms with van der Waals surface area (Å²) < 4.78 is 0. The van der Waals surface area contributed by atoms with Crippen molar-refractivity contribution in [2.24, 2.45) is 5.84 Å². The summed E-state index contributed by atoms with van der Waals surface area (Å²) in [5, 5.41) is 1.90. The van der Waals surface area contributed by atoms with Gasteiger partial charge in [-0.15, -0.1) is 0 Å². The van der Waals surface area contributed by atoms with E-state index in [2.05, 4.69) is 45.0 Å². The Hall–Kier alpha value is -0.860. The fourth-order valence-corrected chi connectivity index (χ4v) is 1.59. The first-order valence-corrected chi connectivity index (χ1v) is 5.64. The fraction of sp³-hybridized carbons (Fsp3) is 0.538. The smallest absolute Gasteiger partial charge is 0.0213 e. The molecule has 2 N–H and O–H groups in total. The molecule has 1 aliphatic heterocycles. The lowest BCUT2D eigenvalue weighted by atomic mass is 10.2. The number of nitrogens with zero attached hydrogens (tertiary/aromatic N) is 1. The van der Waals surface area contributed by atoms with Crippen LogP contribution in [0.5, 0.6) is 0 Å². The van der Waals surface area contributed by atoms with Crippen molar-refractivity contribution in [3.63, 3.8) is 0 Å². The monoisotopic (exact) mass is 206 g/mol. The van der Waals surface area contributed by atoms with Gasteiger partial charge in [-0.3, -0.25) is 5.84 Å². The molecular weight excluding hydrogens is 184 g/mol. The van der Waals surface area contributed by atoms with Crippen molar-refractivity contribution < 1.29 is 0 Å². The third-order valence-electron chi connectivity index (χ3n) is 2.82. The van der Waals surface area contributed by atoms with Gasteiger partial charge in [-0.25, -0.2) is 5.01 Å². The molecule has 0 aromatic heterocycles. The summed E-state index contributed by atoms with van der Waals surface area (Å²) in [5.74, 6) is 5.51. The predicted molar refractivity (Wildman–Crippen MR) is 65.5 cm³/mol. The van der Waals surface area contributed by atoms with Gasteiger partial charge >= 0.3 is 0 Å². The Bertz CT molecular complexity index is 250. The third-order valence-corrected chi connectivity index (χ3v) is 2.82. The van der Waals surface area contributed by atoms with Crippen LogP contribution >= 0.6 is 0 Å². The summed E-state index contributed by atoms with van der Waals surface area (Å²) in [6.45, 7) is 7.44. The molecule has 0 bridgehead atoms. The Morgan fingerprint density at radius 3 is 1.80 bits per heavy atom. The van der Waals surface area contributed by atoms with Crippen molar-refractivity contribution in [2.45, 2.75) is 39.7 Å². The summed E-state index contributed by atoms with van der Waals surface area (Å²) in [4.78, 5) is 0. The van der Waals surface area contributed by atoms with Gasteiger partial charge in [0.2, 0.25) is 0 Å². The van der Waals surface area contributed by atoms with Crippen LogP contribution in [0.25, 0.3) is 0 Å². The number of nitrogens with two attached hydrogens (primary N) is 1. The van der Waals surface area contributed by atoms with Gasteiger partial charge in [0.05, 0.1) is 0 Å². The van der Waals surface area contributed by atoms with Gasteiger partial charge in [0, 0.05) is 12.6 Å². The molecule has 0 amide bonds. The molecule has 0 aliphatic carbocycles. The maximum absolute atomic E-state index is 5.51. The molecule has 0 spiro atoms. The number of rotatable bonds is 0. The summed E-state index contributed by atoms with van der Waals surface area (Å²) >= 11 is 0. The first kappa shape index (κ1) is 12.2. The van der Waals surface area contributed by atoms with E-state index in [1.54, 1.807) is 0 Å². The van der Waals surface area contributed by atoms with E-state index >= 15 is 0 Å². The van der Waals surface area contributed by atoms with Crippen molar-refractivity contribution in [1.82, 2.24) is 5.01 Å². The van der Waals surface area contributed by atoms with E-state index in [1.807, 2.05) is 5.01 Å². The molecule has 84 valence electrons. The second kappa shape index (κ2) is 5.89. The molecule has 1 fully saturated rings. The molecule has 1 aromatic rings. The van der Waals surface area contributed by atoms with E-state index in [1.165, 1.54) is 24.0 Å². The number of hydrogen-bond donors (Lipinski definition) is 1. The Morgan fingerprint density at radius 1 is 1.13 bits per heavy atom. The van der Waals surface area contributed by atoms with E-state index < -0.39 is 0 Å². The topological polar surface area (TPSA) is 29.3 Å². The SMILES string of the molecule is CC1CCCN1N.Cc1ccc(C)cc1. The highest BCUT2D eigenvalue weighted by Gasteiger charge is 2.15. The highest BCUT2D eigenvalue weighted by Crippen LogP contribution is 2.10. The van der Waals surface area contributed by atoms with Crippen molar-refractivity contribution in [3.8, 4) is 0 Å². The minimum atomic E-state index is 0.625. The van der Waals surface area contributed by atoms with E-state index in [0.29, 0.717) is 6.04 Å². The van der Waals surface area contributed by atoms with Crippen LogP contribution in [0.15, 0.2) is 24.3 Å². The predicted octanol–water partition coefficient (Wildman–Crippen LogP) is 2.65. The number of hydrazine groups is 1. The van der Waals surface area contributed by atoms with E-state index in [0.717, 1.165) is 6.54 Å². The first-order chi connectivity index (χ1) is 7.09. The lowest BCUT2D eigenvalue weighted by Crippen LogP contribution is -2.33. The van der Waals surface area contributed by atoms with E-state index in [-0.39, 0.29) is 0 Å². The Morgan fingerprint density at radius 2 is 1.60 bits per heavy atom. The molecule has 0 saturated carbocycles. The average molecular weight is 206 g/mol. The van der Waals surface area contributed by atoms with Gasteiger partial charge in [0.25, 0.3) is 0 Å². The van der Waals surface area contributed by atoms with E-state index in [9.17, 15) is 0 Å². The van der Waals surface area contributed by atoms with Gasteiger partial charge in [0.1, 0.15) is 0 Å². The molecule has 2 nitrogen and oxygen atoms in total. The number of hydrogen-bond acceptors (Lipinski definition) is 2.